The van der Waals surface area contributed by atoms with E-state index in [1.807, 2.05) is 13.8 Å². The van der Waals surface area contributed by atoms with E-state index in [0.29, 0.717) is 28.2 Å². The summed E-state index contributed by atoms with van der Waals surface area (Å²) >= 11 is 0. The summed E-state index contributed by atoms with van der Waals surface area (Å²) in [5.41, 5.74) is 3.45. The fourth-order valence-electron chi connectivity index (χ4n) is 7.09. The highest BCUT2D eigenvalue weighted by Crippen LogP contribution is 2.57. The molecule has 0 saturated carbocycles. The maximum Gasteiger partial charge on any atom is 0.321 e. The number of aromatic nitrogens is 2. The summed E-state index contributed by atoms with van der Waals surface area (Å²) in [6, 6.07) is 33.6. The van der Waals surface area contributed by atoms with Crippen LogP contribution in [0.3, 0.4) is 0 Å². The molecule has 2 bridgehead atoms. The Morgan fingerprint density at radius 3 is 1.47 bits per heavy atom. The zero-order valence-corrected chi connectivity index (χ0v) is 33.5. The molecule has 14 nitrogen and oxygen atoms in total. The molecule has 0 spiro atoms. The zero-order valence-electron chi connectivity index (χ0n) is 31.0. The van der Waals surface area contributed by atoms with Gasteiger partial charge in [-0.15, -0.1) is 0 Å². The third kappa shape index (κ3) is 6.46. The molecule has 292 valence electrons. The molecule has 2 aliphatic heterocycles. The maximum absolute atomic E-state index is 15.0. The smallest absolute Gasteiger partial charge is 0.321 e. The third-order valence-electron chi connectivity index (χ3n) is 9.79. The van der Waals surface area contributed by atoms with Gasteiger partial charge < -0.3 is 14.4 Å². The van der Waals surface area contributed by atoms with Gasteiger partial charge in [0.2, 0.25) is 5.88 Å². The van der Waals surface area contributed by atoms with E-state index in [0.717, 1.165) is 11.1 Å². The molecule has 2 unspecified atom stereocenters. The molecule has 5 aromatic carbocycles. The Morgan fingerprint density at radius 2 is 1.02 bits per heavy atom. The van der Waals surface area contributed by atoms with Gasteiger partial charge in [-0.05, 0) is 74.5 Å². The first-order valence-electron chi connectivity index (χ1n) is 17.5. The van der Waals surface area contributed by atoms with Crippen molar-refractivity contribution in [2.75, 3.05) is 32.5 Å². The lowest BCUT2D eigenvalue weighted by atomic mass is 9.95. The lowest BCUT2D eigenvalue weighted by molar-refractivity contribution is 0.353. The normalized spacial score (nSPS) is 16.4. The van der Waals surface area contributed by atoms with Crippen LogP contribution in [0.2, 0.25) is 0 Å². The highest BCUT2D eigenvalue weighted by atomic mass is 32.2. The van der Waals surface area contributed by atoms with Crippen LogP contribution < -0.4 is 27.7 Å². The summed E-state index contributed by atoms with van der Waals surface area (Å²) < 4.78 is 103. The summed E-state index contributed by atoms with van der Waals surface area (Å²) in [7, 11) is -10.2. The second-order valence-corrected chi connectivity index (χ2v) is 18.7. The number of sulfonamides is 3. The Hall–Kier alpha value is -6.17. The van der Waals surface area contributed by atoms with Crippen LogP contribution in [0.15, 0.2) is 142 Å². The van der Waals surface area contributed by atoms with Crippen molar-refractivity contribution in [3.63, 3.8) is 0 Å². The van der Waals surface area contributed by atoms with Gasteiger partial charge in [0, 0.05) is 22.9 Å². The molecule has 2 aliphatic rings. The molecule has 0 saturated heterocycles. The molecule has 0 aliphatic carbocycles. The number of benzene rings is 5. The van der Waals surface area contributed by atoms with Gasteiger partial charge in [-0.1, -0.05) is 71.8 Å². The Balaban J connectivity index is 1.33. The number of hydrogen-bond acceptors (Lipinski definition) is 11. The van der Waals surface area contributed by atoms with Gasteiger partial charge in [0.15, 0.2) is 5.82 Å². The molecule has 0 amide bonds. The van der Waals surface area contributed by atoms with E-state index in [-0.39, 0.29) is 32.4 Å². The average molecular weight is 825 g/mol. The number of methoxy groups -OCH3 is 2. The lowest BCUT2D eigenvalue weighted by Gasteiger charge is -2.56. The number of para-hydroxylation sites is 2. The molecular formula is C40H36N6O8S3. The molecule has 3 heterocycles. The lowest BCUT2D eigenvalue weighted by Crippen LogP contribution is -2.59. The SMILES string of the molecule is COc1cc(NS(=O)(=O)c2ccc(N3C4c5ccccc5N(S(=O)(=O)c5ccc(C)cc5)C3c3ccccc3N4S(=O)(=O)c3ccc(C)cc3)cc2)nc(OC)n1. The minimum Gasteiger partial charge on any atom is -0.481 e. The molecule has 0 fully saturated rings. The van der Waals surface area contributed by atoms with Gasteiger partial charge in [-0.3, -0.25) is 4.72 Å². The van der Waals surface area contributed by atoms with Crippen molar-refractivity contribution in [2.45, 2.75) is 40.9 Å². The molecule has 6 aromatic rings. The Labute approximate surface area is 331 Å². The standard InChI is InChI=1S/C40H36N6O8S3/c1-26-13-19-30(20-14-26)56(49,50)45-34-11-7-5-9-32(34)39-44(28-17-23-29(24-18-28)55(47,48)43-36-25-37(53-3)42-40(41-36)54-4)38(45)33-10-6-8-12-35(33)46(39)57(51,52)31-21-15-27(2)16-22-31/h5-25,38-39H,1-4H3,(H,41,42,43). The zero-order chi connectivity index (χ0) is 40.3. The first-order chi connectivity index (χ1) is 27.2. The van der Waals surface area contributed by atoms with E-state index >= 15 is 0 Å². The number of nitrogens with one attached hydrogen (secondary N) is 1. The Bertz CT molecular complexity index is 2690. The van der Waals surface area contributed by atoms with Gasteiger partial charge in [0.25, 0.3) is 30.1 Å². The van der Waals surface area contributed by atoms with Crippen LogP contribution in [0.1, 0.15) is 34.6 Å². The third-order valence-corrected chi connectivity index (χ3v) is 14.7. The topological polar surface area (TPSA) is 168 Å². The van der Waals surface area contributed by atoms with Crippen LogP contribution >= 0.6 is 0 Å². The van der Waals surface area contributed by atoms with Gasteiger partial charge in [0.05, 0.1) is 40.3 Å². The van der Waals surface area contributed by atoms with Crippen LogP contribution in [0.5, 0.6) is 11.9 Å². The van der Waals surface area contributed by atoms with Crippen LogP contribution in [-0.4, -0.2) is 49.4 Å². The highest BCUT2D eigenvalue weighted by Gasteiger charge is 2.54. The number of rotatable bonds is 10. The number of aryl methyl sites for hydroxylation is 2. The van der Waals surface area contributed by atoms with Gasteiger partial charge in [0.1, 0.15) is 12.3 Å². The largest absolute Gasteiger partial charge is 0.481 e. The average Bonchev–Trinajstić information content (AvgIpc) is 3.20. The van der Waals surface area contributed by atoms with Crippen LogP contribution in [0.4, 0.5) is 22.9 Å². The minimum atomic E-state index is -4.33. The first kappa shape index (κ1) is 37.7. The fraction of sp³-hybridized carbons (Fsp3) is 0.150. The second kappa shape index (κ2) is 14.1. The van der Waals surface area contributed by atoms with E-state index in [1.165, 1.54) is 53.2 Å². The van der Waals surface area contributed by atoms with Crippen molar-refractivity contribution in [3.8, 4) is 11.9 Å². The Morgan fingerprint density at radius 1 is 0.561 bits per heavy atom. The maximum atomic E-state index is 15.0. The first-order valence-corrected chi connectivity index (χ1v) is 21.9. The van der Waals surface area contributed by atoms with Gasteiger partial charge >= 0.3 is 6.01 Å². The molecule has 1 aromatic heterocycles. The van der Waals surface area contributed by atoms with Crippen molar-refractivity contribution in [1.29, 1.82) is 0 Å². The Kier molecular flexibility index (Phi) is 9.33. The number of anilines is 4. The van der Waals surface area contributed by atoms with Crippen molar-refractivity contribution < 1.29 is 34.7 Å². The molecule has 0 radical (unpaired) electrons. The van der Waals surface area contributed by atoms with E-state index in [9.17, 15) is 25.3 Å². The minimum absolute atomic E-state index is 0.0407. The monoisotopic (exact) mass is 824 g/mol. The van der Waals surface area contributed by atoms with Crippen LogP contribution in [-0.2, 0) is 30.1 Å². The number of nitrogens with zero attached hydrogens (tertiary/aromatic N) is 5. The molecule has 17 heteroatoms. The van der Waals surface area contributed by atoms with Crippen molar-refractivity contribution in [2.24, 2.45) is 0 Å². The van der Waals surface area contributed by atoms with Crippen LogP contribution in [0.25, 0.3) is 0 Å². The molecule has 2 atom stereocenters. The van der Waals surface area contributed by atoms with E-state index in [1.54, 1.807) is 102 Å². The molecule has 8 rings (SSSR count). The molecule has 1 N–H and O–H groups in total. The van der Waals surface area contributed by atoms with E-state index in [2.05, 4.69) is 14.7 Å². The predicted octanol–water partition coefficient (Wildman–Crippen LogP) is 6.53. The van der Waals surface area contributed by atoms with E-state index < -0.39 is 42.4 Å². The van der Waals surface area contributed by atoms with Crippen molar-refractivity contribution >= 4 is 52.9 Å². The second-order valence-electron chi connectivity index (χ2n) is 13.4. The predicted molar refractivity (Wildman–Crippen MR) is 215 cm³/mol. The van der Waals surface area contributed by atoms with Crippen LogP contribution in [0, 0.1) is 13.8 Å². The summed E-state index contributed by atoms with van der Waals surface area (Å²) in [6.45, 7) is 3.72. The molecule has 57 heavy (non-hydrogen) atoms. The molecular weight excluding hydrogens is 789 g/mol. The van der Waals surface area contributed by atoms with Crippen molar-refractivity contribution in [1.82, 2.24) is 9.97 Å². The quantitative estimate of drug-likeness (QED) is 0.159. The highest BCUT2D eigenvalue weighted by molar-refractivity contribution is 7.93. The van der Waals surface area contributed by atoms with Gasteiger partial charge in [-0.2, -0.15) is 9.97 Å². The summed E-state index contributed by atoms with van der Waals surface area (Å²) in [4.78, 5) is 9.70. The number of hydrogen-bond donors (Lipinski definition) is 1. The summed E-state index contributed by atoms with van der Waals surface area (Å²) in [5.74, 6) is -0.0298. The fourth-order valence-corrected chi connectivity index (χ4v) is 11.3. The summed E-state index contributed by atoms with van der Waals surface area (Å²) in [5, 5.41) is 0. The van der Waals surface area contributed by atoms with Gasteiger partial charge in [-0.25, -0.2) is 33.9 Å². The van der Waals surface area contributed by atoms with Crippen molar-refractivity contribution in [3.05, 3.63) is 150 Å². The number of fused-ring (bicyclic) bond motifs is 6. The van der Waals surface area contributed by atoms with E-state index in [4.69, 9.17) is 9.47 Å². The summed E-state index contributed by atoms with van der Waals surface area (Å²) in [6.07, 6.45) is -2.25. The number of ether oxygens (including phenoxy) is 2.